The lowest BCUT2D eigenvalue weighted by Crippen LogP contribution is -2.48. The molecule has 20 heavy (non-hydrogen) atoms. The van der Waals surface area contributed by atoms with Crippen molar-refractivity contribution in [2.24, 2.45) is 5.73 Å². The number of ether oxygens (including phenoxy) is 1. The van der Waals surface area contributed by atoms with Crippen LogP contribution in [-0.2, 0) is 4.79 Å². The van der Waals surface area contributed by atoms with Gasteiger partial charge in [-0.15, -0.1) is 0 Å². The van der Waals surface area contributed by atoms with E-state index in [2.05, 4.69) is 11.9 Å². The molecule has 0 aromatic heterocycles. The quantitative estimate of drug-likeness (QED) is 0.887. The minimum atomic E-state index is -0.0353. The van der Waals surface area contributed by atoms with E-state index in [4.69, 9.17) is 10.5 Å². The maximum atomic E-state index is 12.1. The van der Waals surface area contributed by atoms with E-state index in [1.54, 1.807) is 0 Å². The van der Waals surface area contributed by atoms with Crippen LogP contribution in [0.1, 0.15) is 18.5 Å². The highest BCUT2D eigenvalue weighted by atomic mass is 16.5. The fraction of sp³-hybridized carbons (Fsp3) is 0.533. The molecule has 0 saturated carbocycles. The summed E-state index contributed by atoms with van der Waals surface area (Å²) in [6, 6.07) is 7.56. The summed E-state index contributed by atoms with van der Waals surface area (Å²) in [5.74, 6) is 0.742. The lowest BCUT2D eigenvalue weighted by atomic mass is 10.1. The Balaban J connectivity index is 1.85. The Labute approximate surface area is 120 Å². The van der Waals surface area contributed by atoms with Crippen molar-refractivity contribution in [1.29, 1.82) is 0 Å². The summed E-state index contributed by atoms with van der Waals surface area (Å²) in [5, 5.41) is 0. The summed E-state index contributed by atoms with van der Waals surface area (Å²) in [4.78, 5) is 16.1. The second-order valence-electron chi connectivity index (χ2n) is 5.33. The molecule has 1 amide bonds. The molecule has 1 saturated heterocycles. The molecule has 0 aliphatic carbocycles. The van der Waals surface area contributed by atoms with E-state index in [1.165, 1.54) is 0 Å². The second kappa shape index (κ2) is 6.72. The monoisotopic (exact) mass is 277 g/mol. The smallest absolute Gasteiger partial charge is 0.260 e. The predicted octanol–water partition coefficient (Wildman–Crippen LogP) is 0.859. The van der Waals surface area contributed by atoms with Gasteiger partial charge in [0.2, 0.25) is 0 Å². The molecular weight excluding hydrogens is 254 g/mol. The van der Waals surface area contributed by atoms with Crippen molar-refractivity contribution in [3.63, 3.8) is 0 Å². The highest BCUT2D eigenvalue weighted by Gasteiger charge is 2.19. The number of nitrogens with two attached hydrogens (primary N) is 1. The molecule has 1 heterocycles. The fourth-order valence-electron chi connectivity index (χ4n) is 2.18. The van der Waals surface area contributed by atoms with Crippen LogP contribution < -0.4 is 10.5 Å². The first-order valence-corrected chi connectivity index (χ1v) is 7.01. The van der Waals surface area contributed by atoms with Crippen LogP contribution in [0.25, 0.3) is 0 Å². The zero-order chi connectivity index (χ0) is 14.5. The second-order valence-corrected chi connectivity index (χ2v) is 5.33. The van der Waals surface area contributed by atoms with Crippen molar-refractivity contribution in [3.8, 4) is 5.75 Å². The Morgan fingerprint density at radius 3 is 2.70 bits per heavy atom. The van der Waals surface area contributed by atoms with E-state index in [0.717, 1.165) is 31.7 Å². The minimum absolute atomic E-state index is 0.0353. The Bertz CT molecular complexity index is 454. The third-order valence-corrected chi connectivity index (χ3v) is 3.60. The van der Waals surface area contributed by atoms with Gasteiger partial charge in [0.15, 0.2) is 6.61 Å². The number of carbonyl (C=O) groups excluding carboxylic acids is 1. The number of amides is 1. The molecule has 2 N–H and O–H groups in total. The number of hydrogen-bond donors (Lipinski definition) is 1. The Kier molecular flexibility index (Phi) is 4.98. The largest absolute Gasteiger partial charge is 0.484 e. The van der Waals surface area contributed by atoms with Crippen LogP contribution in [0, 0.1) is 0 Å². The van der Waals surface area contributed by atoms with Crippen molar-refractivity contribution in [2.45, 2.75) is 13.0 Å². The molecule has 0 spiro atoms. The van der Waals surface area contributed by atoms with Crippen LogP contribution in [0.5, 0.6) is 5.75 Å². The van der Waals surface area contributed by atoms with Crippen molar-refractivity contribution < 1.29 is 9.53 Å². The van der Waals surface area contributed by atoms with Gasteiger partial charge in [0.1, 0.15) is 5.75 Å². The summed E-state index contributed by atoms with van der Waals surface area (Å²) in [6.45, 7) is 5.41. The third-order valence-electron chi connectivity index (χ3n) is 3.60. The average molecular weight is 277 g/mol. The lowest BCUT2D eigenvalue weighted by molar-refractivity contribution is -0.134. The van der Waals surface area contributed by atoms with E-state index < -0.39 is 0 Å². The zero-order valence-corrected chi connectivity index (χ0v) is 12.2. The maximum Gasteiger partial charge on any atom is 0.260 e. The molecule has 1 unspecified atom stereocenters. The zero-order valence-electron chi connectivity index (χ0n) is 12.2. The van der Waals surface area contributed by atoms with E-state index >= 15 is 0 Å². The van der Waals surface area contributed by atoms with Crippen molar-refractivity contribution in [3.05, 3.63) is 29.8 Å². The van der Waals surface area contributed by atoms with E-state index in [-0.39, 0.29) is 18.6 Å². The molecule has 5 nitrogen and oxygen atoms in total. The molecule has 110 valence electrons. The molecule has 1 aliphatic heterocycles. The van der Waals surface area contributed by atoms with Crippen LogP contribution in [0.2, 0.25) is 0 Å². The Morgan fingerprint density at radius 1 is 1.35 bits per heavy atom. The molecule has 5 heteroatoms. The van der Waals surface area contributed by atoms with Gasteiger partial charge in [0.25, 0.3) is 5.91 Å². The average Bonchev–Trinajstić information content (AvgIpc) is 2.46. The third kappa shape index (κ3) is 3.95. The summed E-state index contributed by atoms with van der Waals surface area (Å²) in [6.07, 6.45) is 0. The highest BCUT2D eigenvalue weighted by molar-refractivity contribution is 5.77. The number of hydrogen-bond acceptors (Lipinski definition) is 4. The number of likely N-dealkylation sites (N-methyl/N-ethyl adjacent to an activating group) is 1. The first kappa shape index (κ1) is 14.8. The number of rotatable bonds is 4. The van der Waals surface area contributed by atoms with Crippen LogP contribution in [0.4, 0.5) is 0 Å². The molecule has 0 radical (unpaired) electrons. The number of piperazine rings is 1. The van der Waals surface area contributed by atoms with Gasteiger partial charge < -0.3 is 20.3 Å². The van der Waals surface area contributed by atoms with Gasteiger partial charge in [-0.25, -0.2) is 0 Å². The van der Waals surface area contributed by atoms with Crippen LogP contribution in [-0.4, -0.2) is 55.5 Å². The molecule has 0 bridgehead atoms. The Hall–Kier alpha value is -1.59. The summed E-state index contributed by atoms with van der Waals surface area (Å²) in [5.41, 5.74) is 6.84. The lowest BCUT2D eigenvalue weighted by Gasteiger charge is -2.32. The van der Waals surface area contributed by atoms with Crippen molar-refractivity contribution in [2.75, 3.05) is 39.8 Å². The first-order chi connectivity index (χ1) is 9.56. The summed E-state index contributed by atoms with van der Waals surface area (Å²) >= 11 is 0. The number of carbonyl (C=O) groups is 1. The van der Waals surface area contributed by atoms with Gasteiger partial charge in [-0.3, -0.25) is 4.79 Å². The molecule has 1 aliphatic rings. The highest BCUT2D eigenvalue weighted by Crippen LogP contribution is 2.17. The van der Waals surface area contributed by atoms with Crippen LogP contribution in [0.15, 0.2) is 24.3 Å². The van der Waals surface area contributed by atoms with Crippen molar-refractivity contribution >= 4 is 5.91 Å². The normalized spacial score (nSPS) is 17.9. The van der Waals surface area contributed by atoms with Crippen molar-refractivity contribution in [1.82, 2.24) is 9.80 Å². The molecular formula is C15H23N3O2. The van der Waals surface area contributed by atoms with Gasteiger partial charge in [0.05, 0.1) is 0 Å². The van der Waals surface area contributed by atoms with Gasteiger partial charge in [-0.2, -0.15) is 0 Å². The molecule has 1 fully saturated rings. The van der Waals surface area contributed by atoms with E-state index in [1.807, 2.05) is 36.1 Å². The number of nitrogens with zero attached hydrogens (tertiary/aromatic N) is 2. The SMILES string of the molecule is CC(N)c1cccc(OCC(=O)N2CCN(C)CC2)c1. The number of benzene rings is 1. The van der Waals surface area contributed by atoms with Gasteiger partial charge in [-0.1, -0.05) is 12.1 Å². The summed E-state index contributed by atoms with van der Waals surface area (Å²) in [7, 11) is 2.07. The minimum Gasteiger partial charge on any atom is -0.484 e. The standard InChI is InChI=1S/C15H23N3O2/c1-12(16)13-4-3-5-14(10-13)20-11-15(19)18-8-6-17(2)7-9-18/h3-5,10,12H,6-9,11,16H2,1-2H3. The van der Waals surface area contributed by atoms with Crippen LogP contribution in [0.3, 0.4) is 0 Å². The van der Waals surface area contributed by atoms with E-state index in [9.17, 15) is 4.79 Å². The van der Waals surface area contributed by atoms with Gasteiger partial charge >= 0.3 is 0 Å². The summed E-state index contributed by atoms with van der Waals surface area (Å²) < 4.78 is 5.58. The van der Waals surface area contributed by atoms with E-state index in [0.29, 0.717) is 5.75 Å². The predicted molar refractivity (Wildman–Crippen MR) is 78.6 cm³/mol. The molecule has 2 rings (SSSR count). The first-order valence-electron chi connectivity index (χ1n) is 7.01. The molecule has 1 aromatic rings. The Morgan fingerprint density at radius 2 is 2.05 bits per heavy atom. The topological polar surface area (TPSA) is 58.8 Å². The van der Waals surface area contributed by atoms with Gasteiger partial charge in [0, 0.05) is 32.2 Å². The molecule has 1 aromatic carbocycles. The van der Waals surface area contributed by atoms with Gasteiger partial charge in [-0.05, 0) is 31.7 Å². The van der Waals surface area contributed by atoms with Crippen LogP contribution >= 0.6 is 0 Å². The molecule has 1 atom stereocenters. The fourth-order valence-corrected chi connectivity index (χ4v) is 2.18. The maximum absolute atomic E-state index is 12.1.